The highest BCUT2D eigenvalue weighted by Gasteiger charge is 2.08. The second kappa shape index (κ2) is 6.74. The molecule has 4 N–H and O–H groups in total. The second-order valence-electron chi connectivity index (χ2n) is 3.95. The molecule has 0 aliphatic rings. The number of likely N-dealkylation sites (N-methyl/N-ethyl adjacent to an activating group) is 1. The molecule has 0 saturated carbocycles. The lowest BCUT2D eigenvalue weighted by molar-refractivity contribution is -0.118. The number of carbonyl (C=O) groups is 1. The Morgan fingerprint density at radius 2 is 2.22 bits per heavy atom. The Kier molecular flexibility index (Phi) is 5.31. The fourth-order valence-electron chi connectivity index (χ4n) is 1.52. The van der Waals surface area contributed by atoms with Gasteiger partial charge in [-0.1, -0.05) is 17.9 Å². The van der Waals surface area contributed by atoms with Crippen molar-refractivity contribution >= 4 is 5.91 Å². The van der Waals surface area contributed by atoms with Crippen LogP contribution in [0.3, 0.4) is 0 Å². The Bertz CT molecular complexity index is 491. The maximum absolute atomic E-state index is 13.7. The number of halogens is 1. The van der Waals surface area contributed by atoms with Crippen LogP contribution in [-0.4, -0.2) is 30.9 Å². The van der Waals surface area contributed by atoms with Gasteiger partial charge in [0, 0.05) is 17.7 Å². The largest absolute Gasteiger partial charge is 0.369 e. The summed E-state index contributed by atoms with van der Waals surface area (Å²) in [6.45, 7) is 0.651. The Morgan fingerprint density at radius 1 is 1.50 bits per heavy atom. The van der Waals surface area contributed by atoms with Gasteiger partial charge in [0.15, 0.2) is 0 Å². The summed E-state index contributed by atoms with van der Waals surface area (Å²) in [7, 11) is 1.70. The molecular formula is C13H16FN3O. The standard InChI is InChI=1S/C13H16FN3O/c1-17(9-13(16)18)8-11-5-4-10(3-2-6-15)7-12(11)14/h4-5,7H,6,8-9,15H2,1H3,(H2,16,18). The SMILES string of the molecule is CN(CC(N)=O)Cc1ccc(C#CCN)cc1F. The summed E-state index contributed by atoms with van der Waals surface area (Å²) in [4.78, 5) is 12.4. The van der Waals surface area contributed by atoms with E-state index in [1.165, 1.54) is 6.07 Å². The highest BCUT2D eigenvalue weighted by Crippen LogP contribution is 2.11. The van der Waals surface area contributed by atoms with Gasteiger partial charge in [0.25, 0.3) is 0 Å². The molecule has 0 heterocycles. The molecule has 18 heavy (non-hydrogen) atoms. The molecule has 0 aromatic heterocycles. The summed E-state index contributed by atoms with van der Waals surface area (Å²) in [5, 5.41) is 0. The van der Waals surface area contributed by atoms with Crippen molar-refractivity contribution in [2.24, 2.45) is 11.5 Å². The highest BCUT2D eigenvalue weighted by atomic mass is 19.1. The van der Waals surface area contributed by atoms with E-state index in [0.29, 0.717) is 17.7 Å². The van der Waals surface area contributed by atoms with Crippen molar-refractivity contribution in [2.75, 3.05) is 20.1 Å². The molecule has 0 spiro atoms. The van der Waals surface area contributed by atoms with Gasteiger partial charge < -0.3 is 11.5 Å². The number of primary amides is 1. The van der Waals surface area contributed by atoms with Crippen molar-refractivity contribution in [3.05, 3.63) is 35.1 Å². The first-order valence-electron chi connectivity index (χ1n) is 5.47. The van der Waals surface area contributed by atoms with Crippen LogP contribution in [0.2, 0.25) is 0 Å². The van der Waals surface area contributed by atoms with Gasteiger partial charge in [-0.25, -0.2) is 4.39 Å². The molecule has 0 unspecified atom stereocenters. The number of amides is 1. The molecule has 0 atom stereocenters. The fourth-order valence-corrected chi connectivity index (χ4v) is 1.52. The lowest BCUT2D eigenvalue weighted by atomic mass is 10.1. The summed E-state index contributed by atoms with van der Waals surface area (Å²) in [5.41, 5.74) is 11.4. The molecule has 1 aromatic carbocycles. The van der Waals surface area contributed by atoms with Gasteiger partial charge in [-0.15, -0.1) is 0 Å². The van der Waals surface area contributed by atoms with Crippen LogP contribution in [0, 0.1) is 17.7 Å². The van der Waals surface area contributed by atoms with E-state index in [0.717, 1.165) is 0 Å². The predicted octanol–water partition coefficient (Wildman–Crippen LogP) is 0.0530. The number of nitrogens with two attached hydrogens (primary N) is 2. The lowest BCUT2D eigenvalue weighted by Gasteiger charge is -2.14. The summed E-state index contributed by atoms with van der Waals surface area (Å²) in [6.07, 6.45) is 0. The molecule has 0 saturated heterocycles. The molecule has 1 aromatic rings. The third-order valence-corrected chi connectivity index (χ3v) is 2.25. The van der Waals surface area contributed by atoms with Gasteiger partial charge in [0.2, 0.25) is 5.91 Å². The summed E-state index contributed by atoms with van der Waals surface area (Å²) in [6, 6.07) is 4.72. The van der Waals surface area contributed by atoms with E-state index >= 15 is 0 Å². The second-order valence-corrected chi connectivity index (χ2v) is 3.95. The zero-order valence-corrected chi connectivity index (χ0v) is 10.2. The van der Waals surface area contributed by atoms with Gasteiger partial charge in [-0.3, -0.25) is 9.69 Å². The zero-order chi connectivity index (χ0) is 13.5. The van der Waals surface area contributed by atoms with E-state index < -0.39 is 5.91 Å². The number of benzene rings is 1. The van der Waals surface area contributed by atoms with Gasteiger partial charge in [0.05, 0.1) is 13.1 Å². The smallest absolute Gasteiger partial charge is 0.231 e. The van der Waals surface area contributed by atoms with Crippen molar-refractivity contribution < 1.29 is 9.18 Å². The molecule has 0 bridgehead atoms. The molecule has 5 heteroatoms. The zero-order valence-electron chi connectivity index (χ0n) is 10.2. The Morgan fingerprint density at radius 3 is 2.78 bits per heavy atom. The molecule has 96 valence electrons. The van der Waals surface area contributed by atoms with E-state index in [1.54, 1.807) is 24.1 Å². The van der Waals surface area contributed by atoms with Crippen molar-refractivity contribution in [2.45, 2.75) is 6.54 Å². The van der Waals surface area contributed by atoms with Crippen LogP contribution in [0.1, 0.15) is 11.1 Å². The van der Waals surface area contributed by atoms with Crippen LogP contribution < -0.4 is 11.5 Å². The first-order valence-corrected chi connectivity index (χ1v) is 5.47. The van der Waals surface area contributed by atoms with Crippen molar-refractivity contribution in [3.8, 4) is 11.8 Å². The number of hydrogen-bond acceptors (Lipinski definition) is 3. The molecule has 0 fully saturated rings. The minimum atomic E-state index is -0.441. The van der Waals surface area contributed by atoms with Crippen LogP contribution in [-0.2, 0) is 11.3 Å². The number of carbonyl (C=O) groups excluding carboxylic acids is 1. The Balaban J connectivity index is 2.76. The minimum absolute atomic E-state index is 0.0914. The van der Waals surface area contributed by atoms with Crippen molar-refractivity contribution in [1.29, 1.82) is 0 Å². The summed E-state index contributed by atoms with van der Waals surface area (Å²) in [5.74, 6) is 4.62. The van der Waals surface area contributed by atoms with Gasteiger partial charge in [0.1, 0.15) is 5.82 Å². The van der Waals surface area contributed by atoms with E-state index in [4.69, 9.17) is 11.5 Å². The Hall–Kier alpha value is -1.90. The molecule has 0 radical (unpaired) electrons. The van der Waals surface area contributed by atoms with Gasteiger partial charge in [-0.2, -0.15) is 0 Å². The van der Waals surface area contributed by atoms with Gasteiger partial charge >= 0.3 is 0 Å². The normalized spacial score (nSPS) is 10.0. The number of nitrogens with zero attached hydrogens (tertiary/aromatic N) is 1. The highest BCUT2D eigenvalue weighted by molar-refractivity contribution is 5.75. The van der Waals surface area contributed by atoms with Crippen LogP contribution in [0.4, 0.5) is 4.39 Å². The Labute approximate surface area is 106 Å². The predicted molar refractivity (Wildman–Crippen MR) is 67.9 cm³/mol. The van der Waals surface area contributed by atoms with Crippen LogP contribution in [0.25, 0.3) is 0 Å². The van der Waals surface area contributed by atoms with Crippen molar-refractivity contribution in [1.82, 2.24) is 4.90 Å². The van der Waals surface area contributed by atoms with Crippen LogP contribution in [0.5, 0.6) is 0 Å². The fraction of sp³-hybridized carbons (Fsp3) is 0.308. The monoisotopic (exact) mass is 249 g/mol. The van der Waals surface area contributed by atoms with E-state index in [9.17, 15) is 9.18 Å². The average Bonchev–Trinajstić information content (AvgIpc) is 2.28. The number of hydrogen-bond donors (Lipinski definition) is 2. The van der Waals surface area contributed by atoms with Crippen LogP contribution >= 0.6 is 0 Å². The average molecular weight is 249 g/mol. The molecule has 0 aliphatic carbocycles. The maximum atomic E-state index is 13.7. The number of rotatable bonds is 4. The lowest BCUT2D eigenvalue weighted by Crippen LogP contribution is -2.30. The van der Waals surface area contributed by atoms with E-state index in [2.05, 4.69) is 11.8 Å². The summed E-state index contributed by atoms with van der Waals surface area (Å²) >= 11 is 0. The molecular weight excluding hydrogens is 233 g/mol. The molecule has 4 nitrogen and oxygen atoms in total. The van der Waals surface area contributed by atoms with E-state index in [-0.39, 0.29) is 18.9 Å². The summed E-state index contributed by atoms with van der Waals surface area (Å²) < 4.78 is 13.7. The first kappa shape index (κ1) is 14.2. The first-order chi connectivity index (χ1) is 8.52. The van der Waals surface area contributed by atoms with Crippen molar-refractivity contribution in [3.63, 3.8) is 0 Å². The van der Waals surface area contributed by atoms with E-state index in [1.807, 2.05) is 0 Å². The van der Waals surface area contributed by atoms with Gasteiger partial charge in [-0.05, 0) is 19.2 Å². The van der Waals surface area contributed by atoms with Crippen LogP contribution in [0.15, 0.2) is 18.2 Å². The minimum Gasteiger partial charge on any atom is -0.369 e. The quantitative estimate of drug-likeness (QED) is 0.741. The molecule has 1 rings (SSSR count). The molecule has 1 amide bonds. The molecule has 0 aliphatic heterocycles. The topological polar surface area (TPSA) is 72.3 Å². The third-order valence-electron chi connectivity index (χ3n) is 2.25. The maximum Gasteiger partial charge on any atom is 0.231 e. The third kappa shape index (κ3) is 4.53.